The highest BCUT2D eigenvalue weighted by Crippen LogP contribution is 2.32. The Kier molecular flexibility index (Phi) is 6.33. The van der Waals surface area contributed by atoms with Crippen LogP contribution in [-0.2, 0) is 0 Å². The second-order valence-electron chi connectivity index (χ2n) is 7.94. The van der Waals surface area contributed by atoms with Gasteiger partial charge in [0.15, 0.2) is 5.84 Å². The molecular formula is C19H23Cl2N7O3. The molecule has 12 heteroatoms. The van der Waals surface area contributed by atoms with Gasteiger partial charge in [-0.1, -0.05) is 32.0 Å². The molecule has 0 bridgehead atoms. The molecule has 31 heavy (non-hydrogen) atoms. The van der Waals surface area contributed by atoms with Gasteiger partial charge in [-0.2, -0.15) is 5.01 Å². The van der Waals surface area contributed by atoms with Gasteiger partial charge in [-0.05, 0) is 18.4 Å². The van der Waals surface area contributed by atoms with E-state index >= 15 is 0 Å². The summed E-state index contributed by atoms with van der Waals surface area (Å²) in [5.74, 6) is 0.300. The fourth-order valence-corrected chi connectivity index (χ4v) is 3.64. The van der Waals surface area contributed by atoms with E-state index in [9.17, 15) is 9.59 Å². The summed E-state index contributed by atoms with van der Waals surface area (Å²) >= 11 is 12.4. The molecule has 1 aromatic rings. The molecule has 166 valence electrons. The summed E-state index contributed by atoms with van der Waals surface area (Å²) < 4.78 is 5.71. The molecular weight excluding hydrogens is 445 g/mol. The highest BCUT2D eigenvalue weighted by Gasteiger charge is 2.35. The van der Waals surface area contributed by atoms with Gasteiger partial charge in [-0.3, -0.25) is 4.79 Å². The summed E-state index contributed by atoms with van der Waals surface area (Å²) in [5.41, 5.74) is 6.57. The molecule has 0 unspecified atom stereocenters. The van der Waals surface area contributed by atoms with Crippen LogP contribution >= 0.6 is 23.2 Å². The normalized spacial score (nSPS) is 19.4. The first-order chi connectivity index (χ1) is 14.5. The third-order valence-corrected chi connectivity index (χ3v) is 5.15. The van der Waals surface area contributed by atoms with Crippen LogP contribution in [0.25, 0.3) is 0 Å². The van der Waals surface area contributed by atoms with Crippen molar-refractivity contribution in [2.45, 2.75) is 20.8 Å². The van der Waals surface area contributed by atoms with E-state index in [0.717, 1.165) is 18.1 Å². The fraction of sp³-hybridized carbons (Fsp3) is 0.368. The zero-order chi connectivity index (χ0) is 22.9. The predicted octanol–water partition coefficient (Wildman–Crippen LogP) is 2.40. The van der Waals surface area contributed by atoms with Crippen molar-refractivity contribution in [2.24, 2.45) is 16.3 Å². The third-order valence-electron chi connectivity index (χ3n) is 4.59. The Labute approximate surface area is 189 Å². The van der Waals surface area contributed by atoms with Crippen molar-refractivity contribution in [3.8, 4) is 5.88 Å². The summed E-state index contributed by atoms with van der Waals surface area (Å²) in [6.07, 6.45) is 1.45. The molecule has 0 spiro atoms. The zero-order valence-corrected chi connectivity index (χ0v) is 18.8. The number of halogens is 2. The number of H-pyrrole nitrogens is 1. The number of carbonyl (C=O) groups is 1. The van der Waals surface area contributed by atoms with Crippen LogP contribution in [0.3, 0.4) is 0 Å². The molecule has 0 atom stereocenters. The molecule has 4 N–H and O–H groups in total. The molecule has 0 saturated carbocycles. The minimum atomic E-state index is -0.532. The van der Waals surface area contributed by atoms with Gasteiger partial charge in [0, 0.05) is 24.9 Å². The summed E-state index contributed by atoms with van der Waals surface area (Å²) in [5, 5.41) is 13.9. The number of rotatable bonds is 6. The van der Waals surface area contributed by atoms with Gasteiger partial charge in [-0.25, -0.2) is 9.89 Å². The lowest BCUT2D eigenvalue weighted by Gasteiger charge is -2.46. The number of hydrogen-bond donors (Lipinski definition) is 3. The standard InChI is InChI=1S/C19H23Cl2N7O3/c1-10(28-18(30)23-11(2)16(22)26-28)5-12(21)14(7-20)31-15-6-13(17(29)25-24-15)27-8-19(3,4)9-27/h5-6H,2,7-9H2,1,3-4H3,(H2,22,26)(H,23,30)(H,25,29)/b10-5+,14-12-. The maximum atomic E-state index is 12.1. The number of aromatic nitrogens is 2. The molecule has 0 aromatic carbocycles. The molecule has 0 radical (unpaired) electrons. The van der Waals surface area contributed by atoms with E-state index in [1.54, 1.807) is 6.92 Å². The average Bonchev–Trinajstić information content (AvgIpc) is 2.67. The van der Waals surface area contributed by atoms with Crippen molar-refractivity contribution in [3.63, 3.8) is 0 Å². The Hall–Kier alpha value is -2.98. The topological polar surface area (TPSA) is 129 Å². The average molecular weight is 468 g/mol. The van der Waals surface area contributed by atoms with E-state index in [4.69, 9.17) is 33.7 Å². The molecule has 0 aliphatic carbocycles. The maximum Gasteiger partial charge on any atom is 0.346 e. The largest absolute Gasteiger partial charge is 0.439 e. The van der Waals surface area contributed by atoms with Gasteiger partial charge in [0.1, 0.15) is 11.4 Å². The lowest BCUT2D eigenvalue weighted by Crippen LogP contribution is -2.54. The summed E-state index contributed by atoms with van der Waals surface area (Å²) in [4.78, 5) is 26.2. The van der Waals surface area contributed by atoms with E-state index in [1.165, 1.54) is 12.1 Å². The number of hydrogen-bond acceptors (Lipinski definition) is 7. The molecule has 1 saturated heterocycles. The highest BCUT2D eigenvalue weighted by atomic mass is 35.5. The van der Waals surface area contributed by atoms with Crippen LogP contribution < -0.4 is 26.2 Å². The maximum absolute atomic E-state index is 12.1. The smallest absolute Gasteiger partial charge is 0.346 e. The fourth-order valence-electron chi connectivity index (χ4n) is 3.11. The highest BCUT2D eigenvalue weighted by molar-refractivity contribution is 6.32. The first-order valence-electron chi connectivity index (χ1n) is 9.30. The van der Waals surface area contributed by atoms with Crippen molar-refractivity contribution in [1.29, 1.82) is 0 Å². The SMILES string of the molecule is C=C1NC(=O)N(/C(C)=C/C(Cl)=C(\CCl)Oc2cc(N3CC(C)(C)C3)c(=O)[nH]n2)N=C1N. The number of urea groups is 1. The van der Waals surface area contributed by atoms with E-state index in [1.807, 2.05) is 4.90 Å². The van der Waals surface area contributed by atoms with E-state index in [-0.39, 0.29) is 45.1 Å². The zero-order valence-electron chi connectivity index (χ0n) is 17.3. The van der Waals surface area contributed by atoms with Crippen molar-refractivity contribution in [3.05, 3.63) is 51.3 Å². The number of nitrogens with zero attached hydrogens (tertiary/aromatic N) is 4. The number of nitrogens with two attached hydrogens (primary N) is 1. The number of allylic oxidation sites excluding steroid dienone is 4. The van der Waals surface area contributed by atoms with Crippen molar-refractivity contribution < 1.29 is 9.53 Å². The van der Waals surface area contributed by atoms with Gasteiger partial charge < -0.3 is 20.7 Å². The number of alkyl halides is 1. The van der Waals surface area contributed by atoms with Crippen LogP contribution in [0.15, 0.2) is 50.8 Å². The third kappa shape index (κ3) is 5.02. The number of nitrogens with one attached hydrogen (secondary N) is 2. The van der Waals surface area contributed by atoms with E-state index in [0.29, 0.717) is 11.4 Å². The summed E-state index contributed by atoms with van der Waals surface area (Å²) in [6.45, 7) is 10.9. The van der Waals surface area contributed by atoms with Crippen molar-refractivity contribution in [1.82, 2.24) is 20.5 Å². The van der Waals surface area contributed by atoms with Crippen molar-refractivity contribution >= 4 is 40.8 Å². The molecule has 3 rings (SSSR count). The number of aromatic amines is 1. The number of ether oxygens (including phenoxy) is 1. The molecule has 2 aliphatic heterocycles. The van der Waals surface area contributed by atoms with Crippen molar-refractivity contribution in [2.75, 3.05) is 23.9 Å². The Morgan fingerprint density at radius 3 is 2.71 bits per heavy atom. The first-order valence-corrected chi connectivity index (χ1v) is 10.2. The molecule has 10 nitrogen and oxygen atoms in total. The van der Waals surface area contributed by atoms with Crippen LogP contribution in [0.2, 0.25) is 0 Å². The van der Waals surface area contributed by atoms with Gasteiger partial charge in [0.2, 0.25) is 5.88 Å². The van der Waals surface area contributed by atoms with Gasteiger partial charge >= 0.3 is 6.03 Å². The summed E-state index contributed by atoms with van der Waals surface area (Å²) in [6, 6.07) is 1.01. The van der Waals surface area contributed by atoms with Crippen LogP contribution in [-0.4, -0.2) is 46.0 Å². The van der Waals surface area contributed by atoms with Crippen LogP contribution in [0, 0.1) is 5.41 Å². The monoisotopic (exact) mass is 467 g/mol. The Morgan fingerprint density at radius 1 is 1.42 bits per heavy atom. The molecule has 3 heterocycles. The Morgan fingerprint density at radius 2 is 2.10 bits per heavy atom. The van der Waals surface area contributed by atoms with E-state index < -0.39 is 6.03 Å². The van der Waals surface area contributed by atoms with Crippen LogP contribution in [0.4, 0.5) is 10.5 Å². The molecule has 1 aromatic heterocycles. The minimum absolute atomic E-state index is 0.0698. The van der Waals surface area contributed by atoms with Gasteiger partial charge in [0.05, 0.1) is 16.6 Å². The second-order valence-corrected chi connectivity index (χ2v) is 8.61. The number of amides is 2. The molecule has 1 fully saturated rings. The van der Waals surface area contributed by atoms with Crippen LogP contribution in [0.1, 0.15) is 20.8 Å². The minimum Gasteiger partial charge on any atom is -0.439 e. The number of carbonyl (C=O) groups excluding carboxylic acids is 1. The van der Waals surface area contributed by atoms with E-state index in [2.05, 4.69) is 41.0 Å². The quantitative estimate of drug-likeness (QED) is 0.334. The Bertz CT molecular complexity index is 1070. The molecule has 2 amide bonds. The Balaban J connectivity index is 1.83. The predicted molar refractivity (Wildman–Crippen MR) is 120 cm³/mol. The van der Waals surface area contributed by atoms with Gasteiger partial charge in [-0.15, -0.1) is 21.8 Å². The molecule has 2 aliphatic rings. The van der Waals surface area contributed by atoms with Gasteiger partial charge in [0.25, 0.3) is 5.56 Å². The lowest BCUT2D eigenvalue weighted by atomic mass is 9.84. The first kappa shape index (κ1) is 22.7. The lowest BCUT2D eigenvalue weighted by molar-refractivity contribution is 0.214. The number of hydrazone groups is 1. The number of amidine groups is 1. The summed E-state index contributed by atoms with van der Waals surface area (Å²) in [7, 11) is 0. The van der Waals surface area contributed by atoms with Crippen LogP contribution in [0.5, 0.6) is 5.88 Å². The number of anilines is 1. The second kappa shape index (κ2) is 8.64.